The maximum absolute atomic E-state index is 12.8. The zero-order chi connectivity index (χ0) is 14.5. The highest BCUT2D eigenvalue weighted by Crippen LogP contribution is 2.34. The van der Waals surface area contributed by atoms with Gasteiger partial charge >= 0.3 is 6.18 Å². The lowest BCUT2D eigenvalue weighted by molar-refractivity contribution is -0.188. The van der Waals surface area contributed by atoms with Crippen LogP contribution in [0, 0.1) is 5.92 Å². The van der Waals surface area contributed by atoms with Crippen LogP contribution in [0.1, 0.15) is 46.5 Å². The van der Waals surface area contributed by atoms with Crippen LogP contribution in [-0.4, -0.2) is 42.8 Å². The monoisotopic (exact) mass is 280 g/mol. The molecule has 1 saturated heterocycles. The number of halogens is 3. The lowest BCUT2D eigenvalue weighted by Gasteiger charge is -2.39. The number of hydrogen-bond donors (Lipinski definition) is 1. The number of nitrogens with one attached hydrogen (secondary N) is 1. The molecule has 114 valence electrons. The smallest absolute Gasteiger partial charge is 0.313 e. The number of alkyl halides is 3. The number of rotatable bonds is 6. The molecule has 1 fully saturated rings. The highest BCUT2D eigenvalue weighted by atomic mass is 19.4. The van der Waals surface area contributed by atoms with Crippen LogP contribution in [-0.2, 0) is 0 Å². The van der Waals surface area contributed by atoms with E-state index in [1.54, 1.807) is 0 Å². The Balaban J connectivity index is 2.57. The molecule has 2 atom stereocenters. The summed E-state index contributed by atoms with van der Waals surface area (Å²) in [6.07, 6.45) is -1.12. The number of nitrogens with zero attached hydrogens (tertiary/aromatic N) is 1. The molecule has 0 aromatic carbocycles. The Morgan fingerprint density at radius 2 is 2.00 bits per heavy atom. The van der Waals surface area contributed by atoms with Crippen molar-refractivity contribution in [3.63, 3.8) is 0 Å². The average molecular weight is 280 g/mol. The van der Waals surface area contributed by atoms with Gasteiger partial charge in [0.05, 0.1) is 5.92 Å². The van der Waals surface area contributed by atoms with Crippen LogP contribution in [0.4, 0.5) is 13.2 Å². The predicted molar refractivity (Wildman–Crippen MR) is 72.2 cm³/mol. The molecule has 0 aromatic heterocycles. The molecule has 2 unspecified atom stereocenters. The minimum Gasteiger partial charge on any atom is -0.313 e. The van der Waals surface area contributed by atoms with Crippen LogP contribution in [0.5, 0.6) is 0 Å². The molecule has 0 aromatic rings. The van der Waals surface area contributed by atoms with E-state index in [2.05, 4.69) is 26.1 Å². The van der Waals surface area contributed by atoms with Crippen LogP contribution < -0.4 is 5.32 Å². The first-order chi connectivity index (χ1) is 8.84. The van der Waals surface area contributed by atoms with Crippen molar-refractivity contribution in [2.24, 2.45) is 5.92 Å². The van der Waals surface area contributed by atoms with Crippen molar-refractivity contribution in [1.29, 1.82) is 0 Å². The first-order valence-electron chi connectivity index (χ1n) is 7.38. The number of piperidine rings is 1. The third-order valence-electron chi connectivity index (χ3n) is 3.82. The van der Waals surface area contributed by atoms with E-state index in [1.165, 1.54) is 0 Å². The minimum absolute atomic E-state index is 0.175. The van der Waals surface area contributed by atoms with E-state index in [0.29, 0.717) is 12.5 Å². The summed E-state index contributed by atoms with van der Waals surface area (Å²) in [6, 6.07) is 0.611. The van der Waals surface area contributed by atoms with E-state index in [1.807, 2.05) is 4.90 Å². The van der Waals surface area contributed by atoms with Crippen LogP contribution in [0.15, 0.2) is 0 Å². The van der Waals surface area contributed by atoms with Gasteiger partial charge in [-0.3, -0.25) is 4.90 Å². The molecule has 1 rings (SSSR count). The fourth-order valence-electron chi connectivity index (χ4n) is 2.72. The van der Waals surface area contributed by atoms with Crippen LogP contribution >= 0.6 is 0 Å². The summed E-state index contributed by atoms with van der Waals surface area (Å²) in [5.41, 5.74) is 0. The van der Waals surface area contributed by atoms with E-state index >= 15 is 0 Å². The molecule has 1 aliphatic rings. The van der Waals surface area contributed by atoms with Crippen LogP contribution in [0.3, 0.4) is 0 Å². The van der Waals surface area contributed by atoms with Gasteiger partial charge in [-0.15, -0.1) is 0 Å². The molecule has 0 saturated carbocycles. The van der Waals surface area contributed by atoms with Gasteiger partial charge < -0.3 is 5.32 Å². The number of hydrogen-bond acceptors (Lipinski definition) is 2. The molecule has 1 N–H and O–H groups in total. The van der Waals surface area contributed by atoms with Gasteiger partial charge in [0.1, 0.15) is 0 Å². The van der Waals surface area contributed by atoms with Gasteiger partial charge in [0, 0.05) is 25.2 Å². The normalized spacial score (nSPS) is 23.8. The summed E-state index contributed by atoms with van der Waals surface area (Å²) >= 11 is 0. The van der Waals surface area contributed by atoms with Gasteiger partial charge in [0.2, 0.25) is 0 Å². The van der Waals surface area contributed by atoms with Crippen LogP contribution in [0.25, 0.3) is 0 Å². The fraction of sp³-hybridized carbons (Fsp3) is 1.00. The summed E-state index contributed by atoms with van der Waals surface area (Å²) in [5, 5.41) is 3.36. The minimum atomic E-state index is -4.04. The molecule has 1 aliphatic heterocycles. The molecule has 0 amide bonds. The Morgan fingerprint density at radius 1 is 1.32 bits per heavy atom. The standard InChI is InChI=1S/C14H27F3N2/c1-4-6-13(9-18-11(2)3)19-8-5-7-12(10-19)14(15,16)17/h11-13,18H,4-10H2,1-3H3. The zero-order valence-electron chi connectivity index (χ0n) is 12.3. The second-order valence-corrected chi connectivity index (χ2v) is 5.88. The first kappa shape index (κ1) is 16.8. The summed E-state index contributed by atoms with van der Waals surface area (Å²) in [4.78, 5) is 2.04. The third kappa shape index (κ3) is 5.69. The number of likely N-dealkylation sites (tertiary alicyclic amines) is 1. The van der Waals surface area contributed by atoms with Gasteiger partial charge in [0.15, 0.2) is 0 Å². The summed E-state index contributed by atoms with van der Waals surface area (Å²) in [7, 11) is 0. The van der Waals surface area contributed by atoms with Gasteiger partial charge in [-0.25, -0.2) is 0 Å². The van der Waals surface area contributed by atoms with E-state index in [9.17, 15) is 13.2 Å². The molecule has 0 aliphatic carbocycles. The maximum atomic E-state index is 12.8. The topological polar surface area (TPSA) is 15.3 Å². The largest absolute Gasteiger partial charge is 0.393 e. The van der Waals surface area contributed by atoms with Crippen molar-refractivity contribution in [2.45, 2.75) is 64.7 Å². The van der Waals surface area contributed by atoms with Gasteiger partial charge in [0.25, 0.3) is 0 Å². The van der Waals surface area contributed by atoms with E-state index in [4.69, 9.17) is 0 Å². The van der Waals surface area contributed by atoms with Crippen molar-refractivity contribution in [1.82, 2.24) is 10.2 Å². The molecule has 1 heterocycles. The molecular formula is C14H27F3N2. The molecule has 0 spiro atoms. The van der Waals surface area contributed by atoms with Crippen molar-refractivity contribution >= 4 is 0 Å². The van der Waals surface area contributed by atoms with Crippen LogP contribution in [0.2, 0.25) is 0 Å². The molecule has 0 radical (unpaired) electrons. The van der Waals surface area contributed by atoms with E-state index < -0.39 is 12.1 Å². The lowest BCUT2D eigenvalue weighted by atomic mass is 9.95. The van der Waals surface area contributed by atoms with Crippen molar-refractivity contribution < 1.29 is 13.2 Å². The lowest BCUT2D eigenvalue weighted by Crippen LogP contribution is -2.50. The molecular weight excluding hydrogens is 253 g/mol. The van der Waals surface area contributed by atoms with E-state index in [-0.39, 0.29) is 19.0 Å². The molecule has 5 heteroatoms. The Labute approximate surface area is 114 Å². The quantitative estimate of drug-likeness (QED) is 0.802. The second kappa shape index (κ2) is 7.48. The highest BCUT2D eigenvalue weighted by Gasteiger charge is 2.42. The van der Waals surface area contributed by atoms with Crippen molar-refractivity contribution in [3.8, 4) is 0 Å². The average Bonchev–Trinajstić information content (AvgIpc) is 2.33. The maximum Gasteiger partial charge on any atom is 0.393 e. The molecule has 0 bridgehead atoms. The molecule has 19 heavy (non-hydrogen) atoms. The summed E-state index contributed by atoms with van der Waals surface area (Å²) in [6.45, 7) is 7.99. The Morgan fingerprint density at radius 3 is 2.53 bits per heavy atom. The van der Waals surface area contributed by atoms with Gasteiger partial charge in [-0.1, -0.05) is 27.2 Å². The highest BCUT2D eigenvalue weighted by molar-refractivity contribution is 4.83. The summed E-state index contributed by atoms with van der Waals surface area (Å²) < 4.78 is 38.5. The third-order valence-corrected chi connectivity index (χ3v) is 3.82. The fourth-order valence-corrected chi connectivity index (χ4v) is 2.72. The Bertz CT molecular complexity index is 254. The van der Waals surface area contributed by atoms with Crippen molar-refractivity contribution in [3.05, 3.63) is 0 Å². The van der Waals surface area contributed by atoms with Gasteiger partial charge in [-0.2, -0.15) is 13.2 Å². The molecule has 2 nitrogen and oxygen atoms in total. The Kier molecular flexibility index (Phi) is 6.60. The van der Waals surface area contributed by atoms with Crippen molar-refractivity contribution in [2.75, 3.05) is 19.6 Å². The second-order valence-electron chi connectivity index (χ2n) is 5.88. The van der Waals surface area contributed by atoms with E-state index in [0.717, 1.165) is 25.9 Å². The predicted octanol–water partition coefficient (Wildman–Crippen LogP) is 3.43. The van der Waals surface area contributed by atoms with Gasteiger partial charge in [-0.05, 0) is 25.8 Å². The zero-order valence-corrected chi connectivity index (χ0v) is 12.3. The SMILES string of the molecule is CCCC(CNC(C)C)N1CCCC(C(F)(F)F)C1. The Hall–Kier alpha value is -0.290. The first-order valence-corrected chi connectivity index (χ1v) is 7.38. The summed E-state index contributed by atoms with van der Waals surface area (Å²) in [5.74, 6) is -1.14.